The van der Waals surface area contributed by atoms with Crippen molar-refractivity contribution in [2.24, 2.45) is 14.1 Å². The molecule has 0 unspecified atom stereocenters. The van der Waals surface area contributed by atoms with Crippen molar-refractivity contribution in [2.75, 3.05) is 0 Å². The van der Waals surface area contributed by atoms with Crippen LogP contribution in [0.3, 0.4) is 0 Å². The lowest BCUT2D eigenvalue weighted by atomic mass is 10.2. The van der Waals surface area contributed by atoms with E-state index in [0.29, 0.717) is 21.5 Å². The van der Waals surface area contributed by atoms with E-state index < -0.39 is 11.2 Å². The SMILES string of the molecule is Cn1c(=O)c2c(nc(Oc3ccc(Oc4ncc(Cl)cc4Cl)cc3)n2Cc2cccc(Cl)c2)n(C)c1=O. The molecule has 5 aromatic rings. The van der Waals surface area contributed by atoms with Crippen LogP contribution in [0.2, 0.25) is 15.1 Å². The number of halogens is 3. The third-order valence-electron chi connectivity index (χ3n) is 5.56. The van der Waals surface area contributed by atoms with Gasteiger partial charge in [0, 0.05) is 25.3 Å². The maximum Gasteiger partial charge on any atom is 0.332 e. The van der Waals surface area contributed by atoms with Crippen molar-refractivity contribution in [1.82, 2.24) is 23.7 Å². The molecular formula is C25H18Cl3N5O4. The molecule has 0 fully saturated rings. The quantitative estimate of drug-likeness (QED) is 0.276. The van der Waals surface area contributed by atoms with Crippen LogP contribution in [-0.4, -0.2) is 23.7 Å². The summed E-state index contributed by atoms with van der Waals surface area (Å²) >= 11 is 18.2. The summed E-state index contributed by atoms with van der Waals surface area (Å²) in [6.07, 6.45) is 1.43. The number of benzene rings is 2. The molecule has 0 amide bonds. The Morgan fingerprint density at radius 2 is 1.57 bits per heavy atom. The van der Waals surface area contributed by atoms with Crippen molar-refractivity contribution in [2.45, 2.75) is 6.54 Å². The number of hydrogen-bond acceptors (Lipinski definition) is 6. The Hall–Kier alpha value is -3.79. The number of aromatic nitrogens is 5. The molecule has 0 N–H and O–H groups in total. The van der Waals surface area contributed by atoms with Crippen molar-refractivity contribution in [1.29, 1.82) is 0 Å². The van der Waals surface area contributed by atoms with E-state index in [4.69, 9.17) is 44.3 Å². The molecule has 9 nitrogen and oxygen atoms in total. The van der Waals surface area contributed by atoms with Crippen LogP contribution >= 0.6 is 34.8 Å². The van der Waals surface area contributed by atoms with Gasteiger partial charge in [-0.2, -0.15) is 4.98 Å². The topological polar surface area (TPSA) is 93.2 Å². The first-order valence-corrected chi connectivity index (χ1v) is 12.0. The van der Waals surface area contributed by atoms with E-state index in [1.54, 1.807) is 48.0 Å². The van der Waals surface area contributed by atoms with Gasteiger partial charge in [-0.05, 0) is 48.0 Å². The second kappa shape index (κ2) is 9.93. The zero-order valence-electron chi connectivity index (χ0n) is 19.5. The molecule has 188 valence electrons. The van der Waals surface area contributed by atoms with Gasteiger partial charge >= 0.3 is 11.7 Å². The van der Waals surface area contributed by atoms with Crippen molar-refractivity contribution in [3.63, 3.8) is 0 Å². The fourth-order valence-corrected chi connectivity index (χ4v) is 4.37. The zero-order chi connectivity index (χ0) is 26.3. The number of ether oxygens (including phenoxy) is 2. The van der Waals surface area contributed by atoms with Gasteiger partial charge in [-0.15, -0.1) is 0 Å². The normalized spacial score (nSPS) is 11.2. The Labute approximate surface area is 225 Å². The van der Waals surface area contributed by atoms with Crippen LogP contribution < -0.4 is 20.7 Å². The summed E-state index contributed by atoms with van der Waals surface area (Å²) in [5, 5.41) is 1.22. The predicted octanol–water partition coefficient (Wildman–Crippen LogP) is 5.42. The lowest BCUT2D eigenvalue weighted by Gasteiger charge is -2.11. The second-order valence-electron chi connectivity index (χ2n) is 8.10. The third kappa shape index (κ3) is 4.93. The number of pyridine rings is 1. The lowest BCUT2D eigenvalue weighted by molar-refractivity contribution is 0.418. The molecule has 37 heavy (non-hydrogen) atoms. The van der Waals surface area contributed by atoms with Gasteiger partial charge in [0.15, 0.2) is 11.2 Å². The Kier molecular flexibility index (Phi) is 6.68. The highest BCUT2D eigenvalue weighted by Crippen LogP contribution is 2.31. The van der Waals surface area contributed by atoms with E-state index in [1.165, 1.54) is 23.9 Å². The number of hydrogen-bond donors (Lipinski definition) is 0. The van der Waals surface area contributed by atoms with E-state index in [9.17, 15) is 9.59 Å². The molecule has 12 heteroatoms. The average Bonchev–Trinajstić information content (AvgIpc) is 3.22. The lowest BCUT2D eigenvalue weighted by Crippen LogP contribution is -2.37. The average molecular weight is 559 g/mol. The number of rotatable bonds is 6. The molecular weight excluding hydrogens is 541 g/mol. The summed E-state index contributed by atoms with van der Waals surface area (Å²) in [5.41, 5.74) is 0.270. The molecule has 0 saturated carbocycles. The van der Waals surface area contributed by atoms with Gasteiger partial charge in [0.05, 0.1) is 11.6 Å². The molecule has 0 aliphatic heterocycles. The van der Waals surface area contributed by atoms with E-state index in [-0.39, 0.29) is 34.6 Å². The molecule has 3 aromatic heterocycles. The Bertz CT molecular complexity index is 1760. The van der Waals surface area contributed by atoms with Gasteiger partial charge in [-0.1, -0.05) is 46.9 Å². The summed E-state index contributed by atoms with van der Waals surface area (Å²) in [6, 6.07) is 15.6. The van der Waals surface area contributed by atoms with E-state index in [1.807, 2.05) is 12.1 Å². The summed E-state index contributed by atoms with van der Waals surface area (Å²) in [4.78, 5) is 34.1. The molecule has 0 radical (unpaired) electrons. The molecule has 0 saturated heterocycles. The van der Waals surface area contributed by atoms with Crippen molar-refractivity contribution in [3.8, 4) is 23.4 Å². The highest BCUT2D eigenvalue weighted by molar-refractivity contribution is 6.35. The second-order valence-corrected chi connectivity index (χ2v) is 9.38. The van der Waals surface area contributed by atoms with E-state index in [2.05, 4.69) is 9.97 Å². The Balaban J connectivity index is 1.52. The number of nitrogens with zero attached hydrogens (tertiary/aromatic N) is 5. The van der Waals surface area contributed by atoms with E-state index in [0.717, 1.165) is 10.1 Å². The van der Waals surface area contributed by atoms with Crippen LogP contribution in [-0.2, 0) is 20.6 Å². The first kappa shape index (κ1) is 24.9. The van der Waals surface area contributed by atoms with Crippen molar-refractivity contribution < 1.29 is 9.47 Å². The van der Waals surface area contributed by atoms with Crippen LogP contribution in [0, 0.1) is 0 Å². The van der Waals surface area contributed by atoms with Gasteiger partial charge in [0.25, 0.3) is 5.56 Å². The fraction of sp³-hybridized carbons (Fsp3) is 0.120. The smallest absolute Gasteiger partial charge is 0.332 e. The van der Waals surface area contributed by atoms with Crippen LogP contribution in [0.4, 0.5) is 0 Å². The predicted molar refractivity (Wildman–Crippen MR) is 142 cm³/mol. The molecule has 0 aliphatic rings. The summed E-state index contributed by atoms with van der Waals surface area (Å²) in [5.74, 6) is 1.10. The maximum atomic E-state index is 13.1. The fourth-order valence-electron chi connectivity index (χ4n) is 3.74. The molecule has 0 bridgehead atoms. The highest BCUT2D eigenvalue weighted by atomic mass is 35.5. The number of aryl methyl sites for hydroxylation is 1. The maximum absolute atomic E-state index is 13.1. The highest BCUT2D eigenvalue weighted by Gasteiger charge is 2.21. The molecule has 0 aliphatic carbocycles. The minimum atomic E-state index is -0.493. The van der Waals surface area contributed by atoms with Crippen LogP contribution in [0.15, 0.2) is 70.4 Å². The van der Waals surface area contributed by atoms with Crippen LogP contribution in [0.5, 0.6) is 23.4 Å². The molecule has 0 spiro atoms. The Morgan fingerprint density at radius 3 is 2.24 bits per heavy atom. The van der Waals surface area contributed by atoms with E-state index >= 15 is 0 Å². The van der Waals surface area contributed by atoms with Crippen molar-refractivity contribution in [3.05, 3.63) is 102 Å². The van der Waals surface area contributed by atoms with Gasteiger partial charge in [-0.3, -0.25) is 18.5 Å². The summed E-state index contributed by atoms with van der Waals surface area (Å²) in [7, 11) is 2.97. The minimum Gasteiger partial charge on any atom is -0.438 e. The monoisotopic (exact) mass is 557 g/mol. The number of imidazole rings is 1. The first-order valence-electron chi connectivity index (χ1n) is 10.9. The summed E-state index contributed by atoms with van der Waals surface area (Å²) in [6.45, 7) is 0.238. The molecule has 2 aromatic carbocycles. The van der Waals surface area contributed by atoms with Crippen LogP contribution in [0.25, 0.3) is 11.2 Å². The summed E-state index contributed by atoms with van der Waals surface area (Å²) < 4.78 is 15.7. The van der Waals surface area contributed by atoms with Gasteiger partial charge in [-0.25, -0.2) is 9.78 Å². The molecule has 0 atom stereocenters. The molecule has 5 rings (SSSR count). The first-order chi connectivity index (χ1) is 17.7. The standard InChI is InChI=1S/C25H18Cl3N5O4/c1-31-21-20(23(34)32(2)25(31)35)33(13-14-4-3-5-15(26)10-14)24(30-21)37-18-8-6-17(7-9-18)36-22-19(28)11-16(27)12-29-22/h3-12H,13H2,1-2H3. The minimum absolute atomic E-state index is 0.129. The van der Waals surface area contributed by atoms with Gasteiger partial charge in [0.2, 0.25) is 5.88 Å². The van der Waals surface area contributed by atoms with Crippen molar-refractivity contribution >= 4 is 46.0 Å². The van der Waals surface area contributed by atoms with Gasteiger partial charge in [0.1, 0.15) is 16.5 Å². The molecule has 3 heterocycles. The van der Waals surface area contributed by atoms with Crippen LogP contribution in [0.1, 0.15) is 5.56 Å². The number of fused-ring (bicyclic) bond motifs is 1. The van der Waals surface area contributed by atoms with Gasteiger partial charge < -0.3 is 9.47 Å². The third-order valence-corrected chi connectivity index (χ3v) is 6.28. The Morgan fingerprint density at radius 1 is 0.865 bits per heavy atom. The largest absolute Gasteiger partial charge is 0.438 e. The zero-order valence-corrected chi connectivity index (χ0v) is 21.8.